The molecule has 0 aliphatic rings. The molecule has 2 heterocycles. The number of aryl methyl sites for hydroxylation is 2. The van der Waals surface area contributed by atoms with Crippen molar-refractivity contribution in [3.05, 3.63) is 16.3 Å². The van der Waals surface area contributed by atoms with E-state index >= 15 is 0 Å². The van der Waals surface area contributed by atoms with Crippen LogP contribution in [0.1, 0.15) is 23.2 Å². The zero-order valence-corrected chi connectivity index (χ0v) is 12.8. The van der Waals surface area contributed by atoms with Gasteiger partial charge in [0.2, 0.25) is 5.91 Å². The molecule has 2 aromatic rings. The number of nitrogens with zero attached hydrogens (tertiary/aromatic N) is 3. The van der Waals surface area contributed by atoms with Crippen molar-refractivity contribution in [2.45, 2.75) is 27.3 Å². The van der Waals surface area contributed by atoms with Gasteiger partial charge in [-0.15, -0.1) is 11.3 Å². The molecule has 2 aromatic heterocycles. The molecule has 108 valence electrons. The lowest BCUT2D eigenvalue weighted by atomic mass is 10.2. The van der Waals surface area contributed by atoms with E-state index in [0.717, 1.165) is 15.8 Å². The number of carbonyl (C=O) groups excluding carboxylic acids is 1. The summed E-state index contributed by atoms with van der Waals surface area (Å²) >= 11 is 1.61. The zero-order valence-electron chi connectivity index (χ0n) is 11.9. The topological polar surface area (TPSA) is 98.1 Å². The number of carbonyl (C=O) groups is 1. The number of fused-ring (bicyclic) bond motifs is 1. The van der Waals surface area contributed by atoms with Crippen LogP contribution in [0.4, 0.5) is 5.82 Å². The fraction of sp³-hybridized carbons (Fsp3) is 0.462. The molecule has 0 unspecified atom stereocenters. The van der Waals surface area contributed by atoms with Crippen LogP contribution in [-0.4, -0.2) is 33.9 Å². The summed E-state index contributed by atoms with van der Waals surface area (Å²) in [5.41, 5.74) is 12.4. The van der Waals surface area contributed by atoms with Crippen LogP contribution in [0.3, 0.4) is 0 Å². The molecular weight excluding hydrogens is 274 g/mol. The Kier molecular flexibility index (Phi) is 4.20. The number of aromatic nitrogens is 2. The SMILES string of the molecule is CCN(CC(N)=O)Cc1nc(N)c2c(C)c(C)sc2n1. The Morgan fingerprint density at radius 1 is 1.35 bits per heavy atom. The Labute approximate surface area is 121 Å². The van der Waals surface area contributed by atoms with E-state index in [0.29, 0.717) is 24.7 Å². The standard InChI is InChI=1S/C13H19N5OS/c1-4-18(5-9(14)19)6-10-16-12(15)11-7(2)8(3)20-13(11)17-10/h4-6H2,1-3H3,(H2,14,19)(H2,15,16,17). The first-order valence-corrected chi connectivity index (χ1v) is 7.26. The normalized spacial score (nSPS) is 11.4. The summed E-state index contributed by atoms with van der Waals surface area (Å²) in [6, 6.07) is 0. The molecule has 0 spiro atoms. The van der Waals surface area contributed by atoms with Crippen LogP contribution in [0, 0.1) is 13.8 Å². The van der Waals surface area contributed by atoms with Gasteiger partial charge in [0.1, 0.15) is 16.5 Å². The molecule has 0 aliphatic carbocycles. The first-order valence-electron chi connectivity index (χ1n) is 6.45. The third-order valence-corrected chi connectivity index (χ3v) is 4.40. The largest absolute Gasteiger partial charge is 0.383 e. The summed E-state index contributed by atoms with van der Waals surface area (Å²) < 4.78 is 0. The van der Waals surface area contributed by atoms with Crippen LogP contribution in [-0.2, 0) is 11.3 Å². The van der Waals surface area contributed by atoms with Gasteiger partial charge in [0, 0.05) is 4.88 Å². The molecule has 0 atom stereocenters. The second-order valence-electron chi connectivity index (χ2n) is 4.76. The van der Waals surface area contributed by atoms with E-state index < -0.39 is 0 Å². The highest BCUT2D eigenvalue weighted by Gasteiger charge is 2.14. The van der Waals surface area contributed by atoms with Crippen molar-refractivity contribution in [2.75, 3.05) is 18.8 Å². The summed E-state index contributed by atoms with van der Waals surface area (Å²) in [4.78, 5) is 23.9. The van der Waals surface area contributed by atoms with Crippen molar-refractivity contribution >= 4 is 33.3 Å². The Morgan fingerprint density at radius 2 is 2.05 bits per heavy atom. The van der Waals surface area contributed by atoms with Gasteiger partial charge < -0.3 is 11.5 Å². The van der Waals surface area contributed by atoms with E-state index in [9.17, 15) is 4.79 Å². The highest BCUT2D eigenvalue weighted by molar-refractivity contribution is 7.18. The number of hydrogen-bond acceptors (Lipinski definition) is 6. The maximum absolute atomic E-state index is 11.0. The summed E-state index contributed by atoms with van der Waals surface area (Å²) in [5.74, 6) is 0.769. The molecule has 0 aliphatic heterocycles. The van der Waals surface area contributed by atoms with E-state index in [-0.39, 0.29) is 12.5 Å². The summed E-state index contributed by atoms with van der Waals surface area (Å²) in [6.45, 7) is 7.40. The Balaban J connectivity index is 2.33. The number of nitrogens with two attached hydrogens (primary N) is 2. The van der Waals surface area contributed by atoms with Gasteiger partial charge >= 0.3 is 0 Å². The molecule has 0 saturated heterocycles. The van der Waals surface area contributed by atoms with Crippen LogP contribution in [0.25, 0.3) is 10.2 Å². The molecule has 4 N–H and O–H groups in total. The van der Waals surface area contributed by atoms with Gasteiger partial charge in [-0.2, -0.15) is 0 Å². The minimum atomic E-state index is -0.358. The lowest BCUT2D eigenvalue weighted by molar-refractivity contribution is -0.119. The minimum absolute atomic E-state index is 0.195. The van der Waals surface area contributed by atoms with Gasteiger partial charge in [0.05, 0.1) is 18.5 Å². The van der Waals surface area contributed by atoms with Gasteiger partial charge in [0.15, 0.2) is 0 Å². The van der Waals surface area contributed by atoms with E-state index in [1.807, 2.05) is 25.7 Å². The average Bonchev–Trinajstić information content (AvgIpc) is 2.63. The molecule has 0 radical (unpaired) electrons. The first kappa shape index (κ1) is 14.7. The second kappa shape index (κ2) is 5.72. The van der Waals surface area contributed by atoms with Crippen LogP contribution >= 0.6 is 11.3 Å². The number of amides is 1. The van der Waals surface area contributed by atoms with Crippen molar-refractivity contribution in [1.82, 2.24) is 14.9 Å². The molecule has 0 fully saturated rings. The number of likely N-dealkylation sites (N-methyl/N-ethyl adjacent to an activating group) is 1. The lowest BCUT2D eigenvalue weighted by Crippen LogP contribution is -2.33. The number of primary amides is 1. The van der Waals surface area contributed by atoms with Crippen molar-refractivity contribution in [1.29, 1.82) is 0 Å². The Morgan fingerprint density at radius 3 is 2.65 bits per heavy atom. The van der Waals surface area contributed by atoms with Gasteiger partial charge in [0.25, 0.3) is 0 Å². The maximum Gasteiger partial charge on any atom is 0.231 e. The van der Waals surface area contributed by atoms with E-state index in [4.69, 9.17) is 11.5 Å². The lowest BCUT2D eigenvalue weighted by Gasteiger charge is -2.17. The van der Waals surface area contributed by atoms with Crippen molar-refractivity contribution in [2.24, 2.45) is 5.73 Å². The maximum atomic E-state index is 11.0. The highest BCUT2D eigenvalue weighted by atomic mass is 32.1. The Bertz CT molecular complexity index is 652. The number of thiophene rings is 1. The highest BCUT2D eigenvalue weighted by Crippen LogP contribution is 2.31. The van der Waals surface area contributed by atoms with Crippen molar-refractivity contribution < 1.29 is 4.79 Å². The number of hydrogen-bond donors (Lipinski definition) is 2. The van der Waals surface area contributed by atoms with Gasteiger partial charge in [-0.25, -0.2) is 9.97 Å². The Hall–Kier alpha value is -1.73. The smallest absolute Gasteiger partial charge is 0.231 e. The third-order valence-electron chi connectivity index (χ3n) is 3.29. The van der Waals surface area contributed by atoms with Crippen molar-refractivity contribution in [3.8, 4) is 0 Å². The first-order chi connectivity index (χ1) is 9.42. The number of anilines is 1. The predicted octanol–water partition coefficient (Wildman–Crippen LogP) is 1.20. The predicted molar refractivity (Wildman–Crippen MR) is 81.4 cm³/mol. The fourth-order valence-electron chi connectivity index (χ4n) is 2.10. The molecule has 2 rings (SSSR count). The number of nitrogen functional groups attached to an aromatic ring is 1. The summed E-state index contributed by atoms with van der Waals surface area (Å²) in [5, 5.41) is 0.939. The van der Waals surface area contributed by atoms with Crippen LogP contribution in [0.5, 0.6) is 0 Å². The molecule has 0 bridgehead atoms. The van der Waals surface area contributed by atoms with Crippen LogP contribution < -0.4 is 11.5 Å². The van der Waals surface area contributed by atoms with Gasteiger partial charge in [-0.3, -0.25) is 9.69 Å². The molecular formula is C13H19N5OS. The zero-order chi connectivity index (χ0) is 14.9. The average molecular weight is 293 g/mol. The molecule has 0 aromatic carbocycles. The molecule has 1 amide bonds. The van der Waals surface area contributed by atoms with Gasteiger partial charge in [-0.1, -0.05) is 6.92 Å². The summed E-state index contributed by atoms with van der Waals surface area (Å²) in [6.07, 6.45) is 0. The van der Waals surface area contributed by atoms with Crippen molar-refractivity contribution in [3.63, 3.8) is 0 Å². The van der Waals surface area contributed by atoms with Crippen LogP contribution in [0.2, 0.25) is 0 Å². The minimum Gasteiger partial charge on any atom is -0.383 e. The molecule has 6 nitrogen and oxygen atoms in total. The van der Waals surface area contributed by atoms with Gasteiger partial charge in [-0.05, 0) is 26.0 Å². The van der Waals surface area contributed by atoms with E-state index in [1.54, 1.807) is 11.3 Å². The summed E-state index contributed by atoms with van der Waals surface area (Å²) in [7, 11) is 0. The quantitative estimate of drug-likeness (QED) is 0.863. The second-order valence-corrected chi connectivity index (χ2v) is 5.96. The fourth-order valence-corrected chi connectivity index (χ4v) is 3.15. The molecule has 20 heavy (non-hydrogen) atoms. The molecule has 0 saturated carbocycles. The number of rotatable bonds is 5. The monoisotopic (exact) mass is 293 g/mol. The van der Waals surface area contributed by atoms with E-state index in [1.165, 1.54) is 4.88 Å². The van der Waals surface area contributed by atoms with Crippen LogP contribution in [0.15, 0.2) is 0 Å². The molecule has 7 heteroatoms. The van der Waals surface area contributed by atoms with E-state index in [2.05, 4.69) is 9.97 Å². The third kappa shape index (κ3) is 2.88.